The van der Waals surface area contributed by atoms with Gasteiger partial charge in [-0.05, 0) is 341 Å². The maximum Gasteiger partial charge on any atom is 0.134 e. The van der Waals surface area contributed by atoms with Gasteiger partial charge >= 0.3 is 0 Å². The normalized spacial score (nSPS) is 18.1. The molecule has 18 heteroatoms. The predicted octanol–water partition coefficient (Wildman–Crippen LogP) is 28.2. The van der Waals surface area contributed by atoms with Gasteiger partial charge in [0.15, 0.2) is 0 Å². The second-order valence-corrected chi connectivity index (χ2v) is 34.2. The molecule has 3 aliphatic rings. The zero-order valence-corrected chi connectivity index (χ0v) is 68.9. The van der Waals surface area contributed by atoms with E-state index in [1.807, 2.05) is 146 Å². The number of ether oxygens (including phenoxy) is 6. The van der Waals surface area contributed by atoms with Crippen molar-refractivity contribution >= 4 is 34.1 Å². The summed E-state index contributed by atoms with van der Waals surface area (Å²) < 4.78 is 38.0. The van der Waals surface area contributed by atoms with Crippen molar-refractivity contribution in [3.63, 3.8) is 0 Å². The minimum Gasteiger partial charge on any atom is -0.489 e. The lowest BCUT2D eigenvalue weighted by Gasteiger charge is -2.52. The fourth-order valence-corrected chi connectivity index (χ4v) is 15.6. The first-order chi connectivity index (χ1) is 54.5. The lowest BCUT2D eigenvalue weighted by atomic mass is 9.82. The Morgan fingerprint density at radius 2 is 0.430 bits per heavy atom. The number of piperidine rings is 3. The van der Waals surface area contributed by atoms with E-state index in [1.54, 1.807) is 18.2 Å². The van der Waals surface area contributed by atoms with Gasteiger partial charge in [0.1, 0.15) is 89.9 Å². The molecule has 0 spiro atoms. The summed E-state index contributed by atoms with van der Waals surface area (Å²) in [4.78, 5) is 19.9. The highest BCUT2D eigenvalue weighted by atomic mass is 16.7. The van der Waals surface area contributed by atoms with Crippen LogP contribution in [-0.4, -0.2) is 48.4 Å². The standard InChI is InChI=1S/C96H111N9O9/c1-67(112-103-91(4,5)55-16-56-92(103,6)7)73-25-19-70(20-26-73)64-106-82-43-31-76(32-44-82)97-100-79-37-49-85(50-38-79)109-88-61-89(110-86-51-39-80(40-52-86)101-98-77-33-45-83(46-34-77)107-65-71-21-27-74(28-22-71)68(2)113-104-93(8,9)57-17-58-94(104,10)11)63-90(62-88)111-87-53-41-81(42-54-87)102-99-78-35-47-84(48-36-78)108-66-72-23-29-75(30-24-72)69(3)114-105-95(12,13)59-18-60-96(105,14)15/h19-54,61-63,67-69H,16-18,55-60,64-66H2,1-15H3. The second-order valence-electron chi connectivity index (χ2n) is 34.2. The van der Waals surface area contributed by atoms with Gasteiger partial charge in [0.2, 0.25) is 0 Å². The lowest BCUT2D eigenvalue weighted by molar-refractivity contribution is -0.304. The molecule has 3 saturated heterocycles. The van der Waals surface area contributed by atoms with Crippen molar-refractivity contribution in [2.45, 2.75) is 233 Å². The molecular formula is C96H111N9O9. The molecule has 0 bridgehead atoms. The van der Waals surface area contributed by atoms with Crippen LogP contribution >= 0.6 is 0 Å². The molecule has 3 heterocycles. The number of nitrogens with zero attached hydrogens (tertiary/aromatic N) is 9. The first-order valence-corrected chi connectivity index (χ1v) is 40.1. The van der Waals surface area contributed by atoms with Crippen molar-refractivity contribution in [1.82, 2.24) is 15.2 Å². The second kappa shape index (κ2) is 35.5. The van der Waals surface area contributed by atoms with Gasteiger partial charge < -0.3 is 28.4 Å². The zero-order valence-electron chi connectivity index (χ0n) is 68.9. The van der Waals surface area contributed by atoms with E-state index in [9.17, 15) is 0 Å². The number of hydroxylamine groups is 6. The van der Waals surface area contributed by atoms with E-state index >= 15 is 0 Å². The van der Waals surface area contributed by atoms with E-state index in [-0.39, 0.29) is 51.5 Å². The van der Waals surface area contributed by atoms with Crippen LogP contribution in [0.5, 0.6) is 51.7 Å². The van der Waals surface area contributed by atoms with Crippen LogP contribution in [-0.2, 0) is 34.3 Å². The number of hydrogen-bond donors (Lipinski definition) is 0. The Labute approximate surface area is 674 Å². The Morgan fingerprint density at radius 1 is 0.246 bits per heavy atom. The molecule has 10 aromatic rings. The van der Waals surface area contributed by atoms with Crippen LogP contribution in [0.4, 0.5) is 34.1 Å². The van der Waals surface area contributed by atoms with Gasteiger partial charge in [-0.3, -0.25) is 14.5 Å². The molecule has 114 heavy (non-hydrogen) atoms. The molecule has 3 fully saturated rings. The number of rotatable bonds is 30. The molecule has 594 valence electrons. The first-order valence-electron chi connectivity index (χ1n) is 40.1. The summed E-state index contributed by atoms with van der Waals surface area (Å²) >= 11 is 0. The van der Waals surface area contributed by atoms with Crippen molar-refractivity contribution in [2.24, 2.45) is 30.7 Å². The van der Waals surface area contributed by atoms with Gasteiger partial charge in [-0.15, -0.1) is 0 Å². The minimum atomic E-state index is -0.0802. The van der Waals surface area contributed by atoms with Crippen molar-refractivity contribution < 1.29 is 42.9 Å². The van der Waals surface area contributed by atoms with E-state index < -0.39 is 0 Å². The Bertz CT molecular complexity index is 4330. The summed E-state index contributed by atoms with van der Waals surface area (Å²) in [6.45, 7) is 34.9. The van der Waals surface area contributed by atoms with Gasteiger partial charge in [0, 0.05) is 51.4 Å². The summed E-state index contributed by atoms with van der Waals surface area (Å²) in [6, 6.07) is 75.7. The molecule has 0 aromatic heterocycles. The fourth-order valence-electron chi connectivity index (χ4n) is 15.6. The first kappa shape index (κ1) is 81.6. The van der Waals surface area contributed by atoms with Crippen LogP contribution in [0.1, 0.15) is 213 Å². The molecule has 18 nitrogen and oxygen atoms in total. The Morgan fingerprint density at radius 3 is 0.623 bits per heavy atom. The van der Waals surface area contributed by atoms with Crippen LogP contribution < -0.4 is 28.4 Å². The van der Waals surface area contributed by atoms with Crippen LogP contribution in [0, 0.1) is 0 Å². The minimum absolute atomic E-state index is 0.0287. The third kappa shape index (κ3) is 21.7. The molecule has 3 atom stereocenters. The van der Waals surface area contributed by atoms with E-state index in [4.69, 9.17) is 42.9 Å². The molecular weight excluding hydrogens is 1420 g/mol. The number of benzene rings is 10. The van der Waals surface area contributed by atoms with Gasteiger partial charge in [0.05, 0.1) is 34.1 Å². The zero-order chi connectivity index (χ0) is 80.3. The van der Waals surface area contributed by atoms with E-state index in [1.165, 1.54) is 19.3 Å². The van der Waals surface area contributed by atoms with Crippen molar-refractivity contribution in [2.75, 3.05) is 0 Å². The Kier molecular flexibility index (Phi) is 25.4. The van der Waals surface area contributed by atoms with Crippen molar-refractivity contribution in [1.29, 1.82) is 0 Å². The Balaban J connectivity index is 0.618. The van der Waals surface area contributed by atoms with Crippen LogP contribution in [0.2, 0.25) is 0 Å². The quantitative estimate of drug-likeness (QED) is 0.0392. The summed E-state index contributed by atoms with van der Waals surface area (Å²) in [5.41, 5.74) is 10.4. The Hall–Kier alpha value is -10.4. The molecule has 0 saturated carbocycles. The SMILES string of the molecule is CC(ON1C(C)(C)CCCC1(C)C)c1ccc(COc2ccc(N=Nc3ccc(Oc4cc(Oc5ccc(N=Nc6ccc(OCc7ccc(C(C)ON8C(C)(C)CCCC8(C)C)cc7)cc6)cc5)cc(Oc5ccc(N=Nc6ccc(OCc7ccc(C(C)ON8C(C)(C)CCCC8(C)C)cc7)cc6)cc5)c4)cc3)cc2)cc1. The highest BCUT2D eigenvalue weighted by Gasteiger charge is 2.46. The molecule has 13 rings (SSSR count). The van der Waals surface area contributed by atoms with E-state index in [0.717, 1.165) is 89.2 Å². The lowest BCUT2D eigenvalue weighted by Crippen LogP contribution is -2.58. The van der Waals surface area contributed by atoms with Crippen molar-refractivity contribution in [3.05, 3.63) is 270 Å². The van der Waals surface area contributed by atoms with Gasteiger partial charge in [-0.25, -0.2) is 0 Å². The summed E-state index contributed by atoms with van der Waals surface area (Å²) in [5, 5.41) is 33.8. The van der Waals surface area contributed by atoms with Gasteiger partial charge in [0.25, 0.3) is 0 Å². The summed E-state index contributed by atoms with van der Waals surface area (Å²) in [6.07, 6.45) is 10.0. The monoisotopic (exact) mass is 1530 g/mol. The summed E-state index contributed by atoms with van der Waals surface area (Å²) in [5.74, 6) is 5.30. The highest BCUT2D eigenvalue weighted by molar-refractivity contribution is 5.52. The predicted molar refractivity (Wildman–Crippen MR) is 450 cm³/mol. The average molecular weight is 1530 g/mol. The van der Waals surface area contributed by atoms with E-state index in [0.29, 0.717) is 88.4 Å². The molecule has 10 aromatic carbocycles. The van der Waals surface area contributed by atoms with Crippen molar-refractivity contribution in [3.8, 4) is 51.7 Å². The fraction of sp³-hybridized carbons (Fsp3) is 0.375. The third-order valence-corrected chi connectivity index (χ3v) is 21.8. The topological polar surface area (TPSA) is 167 Å². The highest BCUT2D eigenvalue weighted by Crippen LogP contribution is 2.45. The average Bonchev–Trinajstić information content (AvgIpc) is 0.789. The largest absolute Gasteiger partial charge is 0.489 e. The molecule has 0 aliphatic carbocycles. The van der Waals surface area contributed by atoms with Crippen LogP contribution in [0.15, 0.2) is 267 Å². The van der Waals surface area contributed by atoms with Gasteiger partial charge in [-0.2, -0.15) is 45.9 Å². The number of hydrogen-bond acceptors (Lipinski definition) is 18. The smallest absolute Gasteiger partial charge is 0.134 e. The van der Waals surface area contributed by atoms with E-state index in [2.05, 4.69) is 223 Å². The molecule has 0 N–H and O–H groups in total. The molecule has 0 amide bonds. The maximum atomic E-state index is 6.64. The maximum absolute atomic E-state index is 6.64. The number of azo groups is 3. The summed E-state index contributed by atoms with van der Waals surface area (Å²) in [7, 11) is 0. The molecule has 0 radical (unpaired) electrons. The molecule has 3 aliphatic heterocycles. The van der Waals surface area contributed by atoms with Crippen LogP contribution in [0.25, 0.3) is 0 Å². The van der Waals surface area contributed by atoms with Crippen LogP contribution in [0.3, 0.4) is 0 Å². The van der Waals surface area contributed by atoms with Gasteiger partial charge in [-0.1, -0.05) is 72.8 Å². The third-order valence-electron chi connectivity index (χ3n) is 21.8. The molecule has 3 unspecified atom stereocenters.